The summed E-state index contributed by atoms with van der Waals surface area (Å²) in [7, 11) is 0. The van der Waals surface area contributed by atoms with E-state index < -0.39 is 6.10 Å². The van der Waals surface area contributed by atoms with Gasteiger partial charge in [-0.15, -0.1) is 0 Å². The molecule has 0 rings (SSSR count). The predicted molar refractivity (Wildman–Crippen MR) is 297 cm³/mol. The summed E-state index contributed by atoms with van der Waals surface area (Å²) in [4.78, 5) is 38.1. The highest BCUT2D eigenvalue weighted by Crippen LogP contribution is 2.15. The van der Waals surface area contributed by atoms with Crippen LogP contribution in [0.1, 0.15) is 278 Å². The minimum Gasteiger partial charge on any atom is -0.462 e. The van der Waals surface area contributed by atoms with Crippen molar-refractivity contribution in [2.24, 2.45) is 0 Å². The lowest BCUT2D eigenvalue weighted by Crippen LogP contribution is -2.30. The van der Waals surface area contributed by atoms with Gasteiger partial charge in [-0.05, 0) is 83.5 Å². The Bertz CT molecular complexity index is 1330. The van der Waals surface area contributed by atoms with Crippen molar-refractivity contribution in [1.82, 2.24) is 0 Å². The van der Waals surface area contributed by atoms with E-state index in [1.165, 1.54) is 154 Å². The largest absolute Gasteiger partial charge is 0.462 e. The molecule has 6 nitrogen and oxygen atoms in total. The average Bonchev–Trinajstić information content (AvgIpc) is 3.35. The molecule has 0 radical (unpaired) electrons. The van der Waals surface area contributed by atoms with Gasteiger partial charge in [-0.1, -0.05) is 260 Å². The van der Waals surface area contributed by atoms with E-state index in [9.17, 15) is 14.4 Å². The lowest BCUT2D eigenvalue weighted by molar-refractivity contribution is -0.166. The predicted octanol–water partition coefficient (Wildman–Crippen LogP) is 19.5. The summed E-state index contributed by atoms with van der Waals surface area (Å²) in [5, 5.41) is 0. The van der Waals surface area contributed by atoms with E-state index in [1.807, 2.05) is 12.2 Å². The van der Waals surface area contributed by atoms with Gasteiger partial charge >= 0.3 is 17.9 Å². The van der Waals surface area contributed by atoms with Gasteiger partial charge in [0.05, 0.1) is 0 Å². The molecule has 396 valence electrons. The highest BCUT2D eigenvalue weighted by molar-refractivity contribution is 5.71. The summed E-state index contributed by atoms with van der Waals surface area (Å²) in [6.45, 7) is 6.46. The number of ether oxygens (including phenoxy) is 3. The summed E-state index contributed by atoms with van der Waals surface area (Å²) < 4.78 is 16.8. The maximum atomic E-state index is 12.8. The van der Waals surface area contributed by atoms with Crippen LogP contribution in [-0.2, 0) is 28.6 Å². The van der Waals surface area contributed by atoms with Crippen molar-refractivity contribution < 1.29 is 28.6 Å². The third-order valence-corrected chi connectivity index (χ3v) is 12.4. The molecule has 0 aliphatic heterocycles. The van der Waals surface area contributed by atoms with E-state index in [0.717, 1.165) is 77.0 Å². The van der Waals surface area contributed by atoms with Gasteiger partial charge in [-0.2, -0.15) is 0 Å². The van der Waals surface area contributed by atoms with Crippen molar-refractivity contribution >= 4 is 17.9 Å². The van der Waals surface area contributed by atoms with Gasteiger partial charge in [0.25, 0.3) is 0 Å². The van der Waals surface area contributed by atoms with Crippen molar-refractivity contribution in [3.63, 3.8) is 0 Å². The number of carbonyl (C=O) groups excluding carboxylic acids is 3. The van der Waals surface area contributed by atoms with Crippen LogP contribution in [0.3, 0.4) is 0 Å². The van der Waals surface area contributed by atoms with Gasteiger partial charge in [0.15, 0.2) is 6.10 Å². The maximum Gasteiger partial charge on any atom is 0.306 e. The first-order valence-corrected chi connectivity index (χ1v) is 29.1. The molecule has 0 aromatic carbocycles. The van der Waals surface area contributed by atoms with Crippen LogP contribution in [0, 0.1) is 0 Å². The third-order valence-electron chi connectivity index (χ3n) is 12.4. The lowest BCUT2D eigenvalue weighted by atomic mass is 10.0. The molecule has 0 aromatic rings. The fourth-order valence-electron chi connectivity index (χ4n) is 8.05. The first kappa shape index (κ1) is 65.6. The molecule has 0 saturated heterocycles. The van der Waals surface area contributed by atoms with Crippen LogP contribution in [0.5, 0.6) is 0 Å². The number of hydrogen-bond donors (Lipinski definition) is 0. The van der Waals surface area contributed by atoms with Gasteiger partial charge in [0.2, 0.25) is 0 Å². The van der Waals surface area contributed by atoms with E-state index in [-0.39, 0.29) is 37.5 Å². The average molecular weight is 962 g/mol. The number of allylic oxidation sites excluding steroid dienone is 14. The van der Waals surface area contributed by atoms with Gasteiger partial charge in [-0.25, -0.2) is 0 Å². The first-order chi connectivity index (χ1) is 34.0. The van der Waals surface area contributed by atoms with Gasteiger partial charge in [-0.3, -0.25) is 14.4 Å². The summed E-state index contributed by atoms with van der Waals surface area (Å²) in [6.07, 6.45) is 74.5. The van der Waals surface area contributed by atoms with Crippen LogP contribution in [0.4, 0.5) is 0 Å². The van der Waals surface area contributed by atoms with Crippen molar-refractivity contribution in [3.8, 4) is 0 Å². The van der Waals surface area contributed by atoms with E-state index in [2.05, 4.69) is 93.7 Å². The molecule has 1 atom stereocenters. The Kier molecular flexibility index (Phi) is 54.3. The lowest BCUT2D eigenvalue weighted by Gasteiger charge is -2.18. The van der Waals surface area contributed by atoms with Crippen LogP contribution in [0.15, 0.2) is 85.1 Å². The Hall–Kier alpha value is -3.41. The zero-order valence-electron chi connectivity index (χ0n) is 45.3. The molecule has 0 bridgehead atoms. The van der Waals surface area contributed by atoms with Crippen LogP contribution in [0.2, 0.25) is 0 Å². The van der Waals surface area contributed by atoms with Crippen LogP contribution < -0.4 is 0 Å². The molecule has 6 heteroatoms. The number of esters is 3. The van der Waals surface area contributed by atoms with Gasteiger partial charge < -0.3 is 14.2 Å². The molecule has 0 amide bonds. The molecular formula is C63H108O6. The molecule has 0 heterocycles. The highest BCUT2D eigenvalue weighted by atomic mass is 16.6. The highest BCUT2D eigenvalue weighted by Gasteiger charge is 2.19. The SMILES string of the molecule is CC/C=C\C/C=C\C/C=C\C/C=C\CCC(=O)OC(COC(=O)CCCCCCCCCCCC/C=C\C/C=C\C/C=C\CCCCCCC)COC(=O)CCCCCCCCCCCCCCC. The number of carbonyl (C=O) groups is 3. The molecular weight excluding hydrogens is 853 g/mol. The molecule has 0 aliphatic carbocycles. The van der Waals surface area contributed by atoms with E-state index in [0.29, 0.717) is 19.3 Å². The number of rotatable bonds is 52. The van der Waals surface area contributed by atoms with E-state index >= 15 is 0 Å². The Morgan fingerprint density at radius 1 is 0.304 bits per heavy atom. The number of hydrogen-bond acceptors (Lipinski definition) is 6. The van der Waals surface area contributed by atoms with Crippen molar-refractivity contribution in [3.05, 3.63) is 85.1 Å². The van der Waals surface area contributed by atoms with Gasteiger partial charge in [0, 0.05) is 19.3 Å². The van der Waals surface area contributed by atoms with E-state index in [4.69, 9.17) is 14.2 Å². The molecule has 0 saturated carbocycles. The number of unbranched alkanes of at least 4 members (excludes halogenated alkanes) is 27. The van der Waals surface area contributed by atoms with E-state index in [1.54, 1.807) is 0 Å². The first-order valence-electron chi connectivity index (χ1n) is 29.1. The quantitative estimate of drug-likeness (QED) is 0.0262. The molecule has 69 heavy (non-hydrogen) atoms. The van der Waals surface area contributed by atoms with Crippen LogP contribution in [-0.4, -0.2) is 37.2 Å². The van der Waals surface area contributed by atoms with Crippen molar-refractivity contribution in [2.45, 2.75) is 284 Å². The van der Waals surface area contributed by atoms with Crippen molar-refractivity contribution in [1.29, 1.82) is 0 Å². The van der Waals surface area contributed by atoms with Crippen LogP contribution >= 0.6 is 0 Å². The minimum absolute atomic E-state index is 0.104. The smallest absolute Gasteiger partial charge is 0.306 e. The van der Waals surface area contributed by atoms with Crippen molar-refractivity contribution in [2.75, 3.05) is 13.2 Å². The Balaban J connectivity index is 4.32. The zero-order chi connectivity index (χ0) is 50.0. The Morgan fingerprint density at radius 2 is 0.594 bits per heavy atom. The third kappa shape index (κ3) is 55.4. The maximum absolute atomic E-state index is 12.8. The Morgan fingerprint density at radius 3 is 0.942 bits per heavy atom. The molecule has 0 aliphatic rings. The second kappa shape index (κ2) is 57.2. The topological polar surface area (TPSA) is 78.9 Å². The fourth-order valence-corrected chi connectivity index (χ4v) is 8.05. The van der Waals surface area contributed by atoms with Crippen LogP contribution in [0.25, 0.3) is 0 Å². The molecule has 0 fully saturated rings. The zero-order valence-corrected chi connectivity index (χ0v) is 45.3. The molecule has 1 unspecified atom stereocenters. The minimum atomic E-state index is -0.814. The fraction of sp³-hybridized carbons (Fsp3) is 0.730. The normalized spacial score (nSPS) is 12.7. The summed E-state index contributed by atoms with van der Waals surface area (Å²) in [5.41, 5.74) is 0. The standard InChI is InChI=1S/C63H108O6/c1-4-7-10-13-16-19-22-25-26-27-28-29-30-31-32-33-34-35-36-39-41-44-47-50-53-56-62(65)68-59-60(69-63(66)57-54-51-48-45-42-38-24-21-18-15-12-9-6-3)58-67-61(64)55-52-49-46-43-40-37-23-20-17-14-11-8-5-2/h9,12,18,21-22,25,27-28,30-31,38,42,48,51,60H,4-8,10-11,13-17,19-20,23-24,26,29,32-37,39-41,43-47,49-50,52-59H2,1-3H3/b12-9-,21-18-,25-22-,28-27-,31-30-,42-38-,51-48-. The van der Waals surface area contributed by atoms with Gasteiger partial charge in [0.1, 0.15) is 13.2 Å². The summed E-state index contributed by atoms with van der Waals surface area (Å²) in [5.74, 6) is -0.985. The molecule has 0 aromatic heterocycles. The monoisotopic (exact) mass is 961 g/mol. The molecule has 0 N–H and O–H groups in total. The second-order valence-corrected chi connectivity index (χ2v) is 19.2. The second-order valence-electron chi connectivity index (χ2n) is 19.2. The molecule has 0 spiro atoms. The summed E-state index contributed by atoms with van der Waals surface area (Å²) >= 11 is 0. The Labute approximate surface area is 426 Å². The summed E-state index contributed by atoms with van der Waals surface area (Å²) in [6, 6.07) is 0.